The Bertz CT molecular complexity index is 1420. The number of thiophene rings is 1. The van der Waals surface area contributed by atoms with Crippen LogP contribution in [0.4, 0.5) is 0 Å². The van der Waals surface area contributed by atoms with Gasteiger partial charge in [0.05, 0.1) is 23.6 Å². The molecule has 1 aromatic carbocycles. The van der Waals surface area contributed by atoms with Crippen molar-refractivity contribution < 1.29 is 9.90 Å². The normalized spacial score (nSPS) is 13.4. The van der Waals surface area contributed by atoms with E-state index in [1.54, 1.807) is 18.4 Å². The maximum Gasteiger partial charge on any atom is 0.340 e. The van der Waals surface area contributed by atoms with Crippen LogP contribution in [0.15, 0.2) is 40.5 Å². The Balaban J connectivity index is 1.58. The van der Waals surface area contributed by atoms with Crippen molar-refractivity contribution in [3.8, 4) is 0 Å². The lowest BCUT2D eigenvalue weighted by molar-refractivity contribution is -0.134. The Labute approximate surface area is 232 Å². The molecule has 0 aliphatic rings. The number of aliphatic hydroxyl groups excluding tert-OH is 1. The second kappa shape index (κ2) is 12.7. The summed E-state index contributed by atoms with van der Waals surface area (Å²) in [5, 5.41) is 22.6. The average Bonchev–Trinajstić information content (AvgIpc) is 3.64. The van der Waals surface area contributed by atoms with Gasteiger partial charge in [-0.1, -0.05) is 39.8 Å². The number of nitrogens with one attached hydrogen (secondary N) is 3. The number of likely N-dealkylation sites (N-methyl/N-ethyl adjacent to an activating group) is 1. The summed E-state index contributed by atoms with van der Waals surface area (Å²) in [5.41, 5.74) is 2.12. The number of aliphatic hydroxyl groups is 1. The number of rotatable bonds is 13. The third-order valence-corrected chi connectivity index (χ3v) is 7.88. The van der Waals surface area contributed by atoms with Crippen molar-refractivity contribution >= 4 is 28.3 Å². The average molecular weight is 554 g/mol. The van der Waals surface area contributed by atoms with Crippen LogP contribution in [0, 0.1) is 5.92 Å². The van der Waals surface area contributed by atoms with Crippen molar-refractivity contribution in [3.63, 3.8) is 0 Å². The third kappa shape index (κ3) is 6.84. The monoisotopic (exact) mass is 553 g/mol. The fraction of sp³-hybridized carbons (Fsp3) is 0.500. The molecule has 10 nitrogen and oxygen atoms in total. The van der Waals surface area contributed by atoms with E-state index in [0.717, 1.165) is 36.1 Å². The lowest BCUT2D eigenvalue weighted by atomic mass is 10.0. The molecule has 210 valence electrons. The molecule has 0 aliphatic heterocycles. The lowest BCUT2D eigenvalue weighted by Crippen LogP contribution is -2.46. The summed E-state index contributed by atoms with van der Waals surface area (Å²) in [6, 6.07) is 9.76. The highest BCUT2D eigenvalue weighted by atomic mass is 32.1. The minimum atomic E-state index is -1.06. The minimum Gasteiger partial charge on any atom is -0.374 e. The van der Waals surface area contributed by atoms with Gasteiger partial charge in [0.1, 0.15) is 12.1 Å². The Morgan fingerprint density at radius 3 is 2.62 bits per heavy atom. The topological polar surface area (TPSA) is 132 Å². The molecule has 4 aromatic rings. The van der Waals surface area contributed by atoms with Crippen LogP contribution in [-0.2, 0) is 17.8 Å². The highest BCUT2D eigenvalue weighted by Crippen LogP contribution is 2.29. The Morgan fingerprint density at radius 1 is 1.23 bits per heavy atom. The van der Waals surface area contributed by atoms with Crippen molar-refractivity contribution in [2.24, 2.45) is 5.92 Å². The van der Waals surface area contributed by atoms with E-state index in [2.05, 4.69) is 56.4 Å². The molecule has 0 aliphatic carbocycles. The highest BCUT2D eigenvalue weighted by molar-refractivity contribution is 7.09. The molecule has 2 atom stereocenters. The molecule has 0 saturated carbocycles. The first kappa shape index (κ1) is 28.7. The SMILES string of the molecule is CCC(CC)n1c(Cc2cccs2)nc2cc(C(O)N[C@@H](CC(C)C)C(=O)N(C)Cc3n[nH]c(=O)[nH]3)ccc21. The van der Waals surface area contributed by atoms with Crippen LogP contribution in [-0.4, -0.2) is 53.7 Å². The second-order valence-corrected chi connectivity index (χ2v) is 11.5. The molecule has 4 rings (SSSR count). The van der Waals surface area contributed by atoms with E-state index in [1.165, 1.54) is 9.78 Å². The molecule has 39 heavy (non-hydrogen) atoms. The number of H-pyrrole nitrogens is 2. The molecule has 11 heteroatoms. The van der Waals surface area contributed by atoms with Crippen molar-refractivity contribution in [3.05, 3.63) is 68.3 Å². The second-order valence-electron chi connectivity index (χ2n) is 10.4. The molecule has 0 fully saturated rings. The van der Waals surface area contributed by atoms with Crippen LogP contribution < -0.4 is 11.0 Å². The fourth-order valence-electron chi connectivity index (χ4n) is 5.04. The van der Waals surface area contributed by atoms with Gasteiger partial charge in [0.25, 0.3) is 0 Å². The summed E-state index contributed by atoms with van der Waals surface area (Å²) < 4.78 is 2.35. The molecule has 1 amide bonds. The third-order valence-electron chi connectivity index (χ3n) is 7.00. The molecular weight excluding hydrogens is 514 g/mol. The zero-order valence-electron chi connectivity index (χ0n) is 23.3. The highest BCUT2D eigenvalue weighted by Gasteiger charge is 2.27. The van der Waals surface area contributed by atoms with Gasteiger partial charge in [-0.3, -0.25) is 15.1 Å². The predicted molar refractivity (Wildman–Crippen MR) is 153 cm³/mol. The van der Waals surface area contributed by atoms with Gasteiger partial charge in [-0.2, -0.15) is 5.10 Å². The number of aromatic nitrogens is 5. The van der Waals surface area contributed by atoms with Crippen molar-refractivity contribution in [2.45, 2.75) is 78.2 Å². The summed E-state index contributed by atoms with van der Waals surface area (Å²) in [4.78, 5) is 35.0. The van der Waals surface area contributed by atoms with Crippen LogP contribution in [0.5, 0.6) is 0 Å². The quantitative estimate of drug-likeness (QED) is 0.184. The summed E-state index contributed by atoms with van der Waals surface area (Å²) in [5.74, 6) is 1.42. The van der Waals surface area contributed by atoms with Crippen molar-refractivity contribution in [2.75, 3.05) is 7.05 Å². The number of carbonyl (C=O) groups excluding carboxylic acids is 1. The number of hydrogen-bond acceptors (Lipinski definition) is 7. The number of hydrogen-bond donors (Lipinski definition) is 4. The van der Waals surface area contributed by atoms with E-state index < -0.39 is 18.0 Å². The first-order valence-electron chi connectivity index (χ1n) is 13.6. The van der Waals surface area contributed by atoms with Crippen LogP contribution in [0.3, 0.4) is 0 Å². The first-order chi connectivity index (χ1) is 18.7. The van der Waals surface area contributed by atoms with Crippen molar-refractivity contribution in [1.82, 2.24) is 34.9 Å². The molecule has 0 radical (unpaired) electrons. The predicted octanol–water partition coefficient (Wildman–Crippen LogP) is 4.11. The van der Waals surface area contributed by atoms with E-state index in [4.69, 9.17) is 4.98 Å². The van der Waals surface area contributed by atoms with Gasteiger partial charge < -0.3 is 14.6 Å². The lowest BCUT2D eigenvalue weighted by Gasteiger charge is -2.27. The maximum absolute atomic E-state index is 13.3. The van der Waals surface area contributed by atoms with Crippen LogP contribution >= 0.6 is 11.3 Å². The van der Waals surface area contributed by atoms with E-state index in [9.17, 15) is 14.7 Å². The van der Waals surface area contributed by atoms with Crippen LogP contribution in [0.25, 0.3) is 11.0 Å². The molecule has 4 N–H and O–H groups in total. The minimum absolute atomic E-state index is 0.149. The molecular formula is C28H39N7O3S. The summed E-state index contributed by atoms with van der Waals surface area (Å²) >= 11 is 1.73. The smallest absolute Gasteiger partial charge is 0.340 e. The zero-order valence-corrected chi connectivity index (χ0v) is 24.1. The largest absolute Gasteiger partial charge is 0.374 e. The Hall–Kier alpha value is -3.28. The molecule has 1 unspecified atom stereocenters. The number of carbonyl (C=O) groups is 1. The van der Waals surface area contributed by atoms with Gasteiger partial charge in [-0.05, 0) is 54.3 Å². The number of fused-ring (bicyclic) bond motifs is 1. The van der Waals surface area contributed by atoms with Gasteiger partial charge in [0, 0.05) is 24.4 Å². The molecule has 0 spiro atoms. The standard InChI is InChI=1S/C28H39N7O3S/c1-6-19(7-2)35-23-11-10-18(14-21(23)29-25(35)15-20-9-8-12-39-20)26(36)30-22(13-17(3)4)27(37)34(5)16-24-31-28(38)33-32-24/h8-12,14,17,19,22,26,30,36H,6-7,13,15-16H2,1-5H3,(H2,31,32,33,38)/t22-,26?/m0/s1. The molecule has 3 heterocycles. The van der Waals surface area contributed by atoms with E-state index in [1.807, 2.05) is 32.0 Å². The molecule has 3 aromatic heterocycles. The number of aromatic amines is 2. The summed E-state index contributed by atoms with van der Waals surface area (Å²) in [7, 11) is 1.66. The van der Waals surface area contributed by atoms with Gasteiger partial charge in [0.15, 0.2) is 5.82 Å². The van der Waals surface area contributed by atoms with Crippen LogP contribution in [0.1, 0.15) is 81.3 Å². The Morgan fingerprint density at radius 2 is 2.00 bits per heavy atom. The summed E-state index contributed by atoms with van der Waals surface area (Å²) in [6.45, 7) is 8.61. The van der Waals surface area contributed by atoms with E-state index in [-0.39, 0.29) is 18.4 Å². The van der Waals surface area contributed by atoms with Gasteiger partial charge >= 0.3 is 5.69 Å². The van der Waals surface area contributed by atoms with Gasteiger partial charge in [0.2, 0.25) is 5.91 Å². The summed E-state index contributed by atoms with van der Waals surface area (Å²) in [6.07, 6.45) is 2.25. The maximum atomic E-state index is 13.3. The molecule has 0 bridgehead atoms. The first-order valence-corrected chi connectivity index (χ1v) is 14.4. The van der Waals surface area contributed by atoms with E-state index >= 15 is 0 Å². The van der Waals surface area contributed by atoms with Crippen molar-refractivity contribution in [1.29, 1.82) is 0 Å². The number of imidazole rings is 1. The fourth-order valence-corrected chi connectivity index (χ4v) is 5.74. The van der Waals surface area contributed by atoms with E-state index in [0.29, 0.717) is 23.9 Å². The number of benzene rings is 1. The Kier molecular flexibility index (Phi) is 9.36. The zero-order chi connectivity index (χ0) is 28.1. The number of amides is 1. The van der Waals surface area contributed by atoms with Gasteiger partial charge in [-0.25, -0.2) is 14.9 Å². The van der Waals surface area contributed by atoms with Crippen LogP contribution in [0.2, 0.25) is 0 Å². The van der Waals surface area contributed by atoms with Gasteiger partial charge in [-0.15, -0.1) is 11.3 Å². The number of nitrogens with zero attached hydrogens (tertiary/aromatic N) is 4. The molecule has 0 saturated heterocycles.